The van der Waals surface area contributed by atoms with E-state index in [9.17, 15) is 0 Å². The highest BCUT2D eigenvalue weighted by Gasteiger charge is 2.25. The summed E-state index contributed by atoms with van der Waals surface area (Å²) in [6, 6.07) is 0. The number of rotatable bonds is 11. The maximum Gasteiger partial charge on any atom is 0.0625 e. The van der Waals surface area contributed by atoms with Crippen LogP contribution in [0.5, 0.6) is 0 Å². The Morgan fingerprint density at radius 1 is 1.00 bits per heavy atom. The van der Waals surface area contributed by atoms with Gasteiger partial charge in [0.2, 0.25) is 0 Å². The largest absolute Gasteiger partial charge is 0.275 e. The number of hydrogen-bond acceptors (Lipinski definition) is 1. The van der Waals surface area contributed by atoms with Gasteiger partial charge in [-0.25, -0.2) is 0 Å². The van der Waals surface area contributed by atoms with Gasteiger partial charge in [0.05, 0.1) is 5.69 Å². The molecule has 0 bridgehead atoms. The Kier molecular flexibility index (Phi) is 8.06. The highest BCUT2D eigenvalue weighted by Crippen LogP contribution is 2.35. The molecule has 0 aliphatic rings. The Morgan fingerprint density at radius 2 is 1.57 bits per heavy atom. The first-order chi connectivity index (χ1) is 10.0. The Hall–Kier alpha value is -0.790. The van der Waals surface area contributed by atoms with Gasteiger partial charge in [-0.3, -0.25) is 4.68 Å². The van der Waals surface area contributed by atoms with Crippen LogP contribution in [0.2, 0.25) is 0 Å². The third-order valence-electron chi connectivity index (χ3n) is 4.75. The van der Waals surface area contributed by atoms with Gasteiger partial charge in [0, 0.05) is 13.2 Å². The summed E-state index contributed by atoms with van der Waals surface area (Å²) < 4.78 is 1.97. The van der Waals surface area contributed by atoms with Crippen molar-refractivity contribution in [1.82, 2.24) is 9.78 Å². The van der Waals surface area contributed by atoms with Crippen LogP contribution in [0.3, 0.4) is 0 Å². The van der Waals surface area contributed by atoms with Crippen molar-refractivity contribution in [1.29, 1.82) is 0 Å². The number of aryl methyl sites for hydroxylation is 2. The quantitative estimate of drug-likeness (QED) is 0.469. The smallest absolute Gasteiger partial charge is 0.0625 e. The van der Waals surface area contributed by atoms with E-state index in [0.717, 1.165) is 0 Å². The molecule has 1 aromatic heterocycles. The molecule has 1 aromatic rings. The number of aromatic nitrogens is 2. The molecule has 0 saturated heterocycles. The molecule has 122 valence electrons. The Morgan fingerprint density at radius 3 is 2.10 bits per heavy atom. The highest BCUT2D eigenvalue weighted by molar-refractivity contribution is 5.17. The van der Waals surface area contributed by atoms with Gasteiger partial charge in [-0.15, -0.1) is 0 Å². The van der Waals surface area contributed by atoms with Crippen molar-refractivity contribution in [3.63, 3.8) is 0 Å². The normalized spacial score (nSPS) is 14.3. The second kappa shape index (κ2) is 9.27. The average Bonchev–Trinajstić information content (AvgIpc) is 2.73. The van der Waals surface area contributed by atoms with E-state index >= 15 is 0 Å². The maximum atomic E-state index is 4.52. The Balaban J connectivity index is 2.63. The number of unbranched alkanes of at least 4 members (excludes halogenated alkanes) is 5. The lowest BCUT2D eigenvalue weighted by atomic mass is 9.75. The zero-order valence-electron chi connectivity index (χ0n) is 15.0. The van der Waals surface area contributed by atoms with Crippen LogP contribution < -0.4 is 0 Å². The first-order valence-corrected chi connectivity index (χ1v) is 9.00. The summed E-state index contributed by atoms with van der Waals surface area (Å²) >= 11 is 0. The molecule has 1 heterocycles. The molecule has 1 atom stereocenters. The number of nitrogens with zero attached hydrogens (tertiary/aromatic N) is 2. The van der Waals surface area contributed by atoms with Crippen LogP contribution in [0.25, 0.3) is 0 Å². The zero-order valence-corrected chi connectivity index (χ0v) is 15.0. The molecule has 0 spiro atoms. The van der Waals surface area contributed by atoms with E-state index in [-0.39, 0.29) is 0 Å². The van der Waals surface area contributed by atoms with Gasteiger partial charge < -0.3 is 0 Å². The van der Waals surface area contributed by atoms with Crippen LogP contribution in [0.4, 0.5) is 0 Å². The lowest BCUT2D eigenvalue weighted by Gasteiger charge is -2.30. The SMILES string of the molecule is CCCCCCC(C)(CCCCC)Cc1cn(C)nc1C. The minimum Gasteiger partial charge on any atom is -0.275 e. The van der Waals surface area contributed by atoms with Gasteiger partial charge in [-0.05, 0) is 37.2 Å². The van der Waals surface area contributed by atoms with Crippen LogP contribution in [-0.2, 0) is 13.5 Å². The van der Waals surface area contributed by atoms with E-state index in [1.165, 1.54) is 75.5 Å². The molecule has 1 unspecified atom stereocenters. The molecule has 2 heteroatoms. The van der Waals surface area contributed by atoms with Crippen molar-refractivity contribution < 1.29 is 0 Å². The fraction of sp³-hybridized carbons (Fsp3) is 0.842. The first-order valence-electron chi connectivity index (χ1n) is 9.00. The third-order valence-corrected chi connectivity index (χ3v) is 4.75. The average molecular weight is 293 g/mol. The Bertz CT molecular complexity index is 394. The van der Waals surface area contributed by atoms with E-state index in [4.69, 9.17) is 0 Å². The second-order valence-corrected chi connectivity index (χ2v) is 7.17. The maximum absolute atomic E-state index is 4.52. The molecule has 0 aliphatic heterocycles. The van der Waals surface area contributed by atoms with Gasteiger partial charge in [0.1, 0.15) is 0 Å². The van der Waals surface area contributed by atoms with Gasteiger partial charge >= 0.3 is 0 Å². The number of hydrogen-bond donors (Lipinski definition) is 0. The summed E-state index contributed by atoms with van der Waals surface area (Å²) in [5.41, 5.74) is 3.12. The summed E-state index contributed by atoms with van der Waals surface area (Å²) in [5.74, 6) is 0. The van der Waals surface area contributed by atoms with Crippen LogP contribution in [0.15, 0.2) is 6.20 Å². The summed E-state index contributed by atoms with van der Waals surface area (Å²) in [6.45, 7) is 9.24. The summed E-state index contributed by atoms with van der Waals surface area (Å²) in [5, 5.41) is 4.52. The van der Waals surface area contributed by atoms with Gasteiger partial charge in [0.15, 0.2) is 0 Å². The van der Waals surface area contributed by atoms with Crippen molar-refractivity contribution in [2.45, 2.75) is 91.9 Å². The van der Waals surface area contributed by atoms with Gasteiger partial charge in [-0.2, -0.15) is 5.10 Å². The molecular formula is C19H36N2. The molecule has 2 nitrogen and oxygen atoms in total. The van der Waals surface area contributed by atoms with E-state index in [2.05, 4.69) is 39.0 Å². The molecular weight excluding hydrogens is 256 g/mol. The van der Waals surface area contributed by atoms with E-state index in [1.807, 2.05) is 11.7 Å². The third kappa shape index (κ3) is 6.67. The molecule has 0 radical (unpaired) electrons. The zero-order chi connectivity index (χ0) is 15.7. The minimum atomic E-state index is 0.455. The molecule has 0 aliphatic carbocycles. The van der Waals surface area contributed by atoms with E-state index in [1.54, 1.807) is 0 Å². The standard InChI is InChI=1S/C19H36N2/c1-6-8-10-12-14-19(4,13-11-9-7-2)15-18-16-21(5)20-17(18)3/h16H,6-15H2,1-5H3. The summed E-state index contributed by atoms with van der Waals surface area (Å²) in [7, 11) is 2.03. The molecule has 0 fully saturated rings. The Labute approximate surface area is 132 Å². The highest BCUT2D eigenvalue weighted by atomic mass is 15.2. The van der Waals surface area contributed by atoms with Gasteiger partial charge in [0.25, 0.3) is 0 Å². The van der Waals surface area contributed by atoms with E-state index < -0.39 is 0 Å². The van der Waals surface area contributed by atoms with E-state index in [0.29, 0.717) is 5.41 Å². The molecule has 21 heavy (non-hydrogen) atoms. The molecule has 0 saturated carbocycles. The lowest BCUT2D eigenvalue weighted by molar-refractivity contribution is 0.249. The van der Waals surface area contributed by atoms with Crippen molar-refractivity contribution in [2.75, 3.05) is 0 Å². The predicted octanol–water partition coefficient (Wildman–Crippen LogP) is 5.83. The van der Waals surface area contributed by atoms with Crippen molar-refractivity contribution >= 4 is 0 Å². The summed E-state index contributed by atoms with van der Waals surface area (Å²) in [6.07, 6.45) is 15.7. The molecule has 0 aromatic carbocycles. The first kappa shape index (κ1) is 18.3. The molecule has 0 N–H and O–H groups in total. The minimum absolute atomic E-state index is 0.455. The second-order valence-electron chi connectivity index (χ2n) is 7.17. The van der Waals surface area contributed by atoms with Crippen molar-refractivity contribution in [3.05, 3.63) is 17.5 Å². The molecule has 0 amide bonds. The molecule has 1 rings (SSSR count). The fourth-order valence-corrected chi connectivity index (χ4v) is 3.36. The van der Waals surface area contributed by atoms with Crippen LogP contribution in [-0.4, -0.2) is 9.78 Å². The van der Waals surface area contributed by atoms with Crippen LogP contribution >= 0.6 is 0 Å². The topological polar surface area (TPSA) is 17.8 Å². The van der Waals surface area contributed by atoms with Crippen molar-refractivity contribution in [2.24, 2.45) is 12.5 Å². The summed E-state index contributed by atoms with van der Waals surface area (Å²) in [4.78, 5) is 0. The van der Waals surface area contributed by atoms with Crippen molar-refractivity contribution in [3.8, 4) is 0 Å². The van der Waals surface area contributed by atoms with Gasteiger partial charge in [-0.1, -0.05) is 65.7 Å². The predicted molar refractivity (Wildman–Crippen MR) is 92.7 cm³/mol. The van der Waals surface area contributed by atoms with Crippen LogP contribution in [0.1, 0.15) is 89.8 Å². The lowest BCUT2D eigenvalue weighted by Crippen LogP contribution is -2.20. The monoisotopic (exact) mass is 292 g/mol. The fourth-order valence-electron chi connectivity index (χ4n) is 3.36. The van der Waals surface area contributed by atoms with Crippen LogP contribution in [0, 0.1) is 12.3 Å².